The fourth-order valence-corrected chi connectivity index (χ4v) is 4.14. The van der Waals surface area contributed by atoms with Gasteiger partial charge >= 0.3 is 11.7 Å². The van der Waals surface area contributed by atoms with E-state index in [2.05, 4.69) is 45.6 Å². The monoisotopic (exact) mass is 484 g/mol. The number of unbranched alkanes of at least 4 members (excludes halogenated alkanes) is 1. The lowest BCUT2D eigenvalue weighted by atomic mass is 9.96. The Morgan fingerprint density at radius 2 is 1.86 bits per heavy atom. The van der Waals surface area contributed by atoms with Crippen molar-refractivity contribution in [3.8, 4) is 0 Å². The van der Waals surface area contributed by atoms with Crippen LogP contribution in [0.3, 0.4) is 0 Å². The van der Waals surface area contributed by atoms with E-state index in [9.17, 15) is 9.59 Å². The van der Waals surface area contributed by atoms with Crippen molar-refractivity contribution in [2.24, 2.45) is 21.6 Å². The highest BCUT2D eigenvalue weighted by Gasteiger charge is 2.25. The summed E-state index contributed by atoms with van der Waals surface area (Å²) in [6.45, 7) is 9.30. The van der Waals surface area contributed by atoms with E-state index in [1.54, 1.807) is 0 Å². The first-order valence-corrected chi connectivity index (χ1v) is 12.0. The van der Waals surface area contributed by atoms with Crippen molar-refractivity contribution in [1.82, 2.24) is 14.5 Å². The predicted octanol–water partition coefficient (Wildman–Crippen LogP) is 2.42. The number of H-pyrrole nitrogens is 1. The average Bonchev–Trinajstić information content (AvgIpc) is 3.19. The first-order valence-electron chi connectivity index (χ1n) is 12.0. The highest BCUT2D eigenvalue weighted by molar-refractivity contribution is 5.99. The van der Waals surface area contributed by atoms with Crippen molar-refractivity contribution in [3.05, 3.63) is 51.6 Å². The van der Waals surface area contributed by atoms with Crippen LogP contribution >= 0.6 is 0 Å². The lowest BCUT2D eigenvalue weighted by Crippen LogP contribution is -2.36. The summed E-state index contributed by atoms with van der Waals surface area (Å²) in [5.41, 5.74) is 8.21. The van der Waals surface area contributed by atoms with Crippen LogP contribution in [0.4, 0.5) is 5.82 Å². The number of nitrogens with two attached hydrogens (primary N) is 1. The lowest BCUT2D eigenvalue weighted by Gasteiger charge is -2.30. The number of piperidine rings is 1. The van der Waals surface area contributed by atoms with Gasteiger partial charge in [-0.05, 0) is 50.2 Å². The van der Waals surface area contributed by atoms with E-state index < -0.39 is 0 Å². The van der Waals surface area contributed by atoms with Gasteiger partial charge in [-0.15, -0.1) is 0 Å². The molecule has 1 aromatic heterocycles. The van der Waals surface area contributed by atoms with Gasteiger partial charge in [0, 0.05) is 13.2 Å². The molecular formula is C25H36N6O4. The third-order valence-electron chi connectivity index (χ3n) is 6.22. The van der Waals surface area contributed by atoms with Crippen LogP contribution in [0.5, 0.6) is 0 Å². The van der Waals surface area contributed by atoms with Gasteiger partial charge in [-0.1, -0.05) is 37.6 Å². The van der Waals surface area contributed by atoms with Crippen LogP contribution in [-0.4, -0.2) is 66.5 Å². The molecule has 0 bridgehead atoms. The number of ether oxygens (including phenoxy) is 2. The molecule has 190 valence electrons. The number of hydrogen-bond acceptors (Lipinski definition) is 7. The Hall–Kier alpha value is -3.24. The maximum atomic E-state index is 12.6. The van der Waals surface area contributed by atoms with Crippen molar-refractivity contribution < 1.29 is 14.3 Å². The quantitative estimate of drug-likeness (QED) is 0.206. The summed E-state index contributed by atoms with van der Waals surface area (Å²) < 4.78 is 11.8. The van der Waals surface area contributed by atoms with Crippen LogP contribution in [0.1, 0.15) is 49.4 Å². The number of rotatable bonds is 12. The van der Waals surface area contributed by atoms with Crippen molar-refractivity contribution in [3.63, 3.8) is 0 Å². The minimum atomic E-state index is -0.329. The molecule has 1 aliphatic rings. The topological polar surface area (TPSA) is 127 Å². The zero-order chi connectivity index (χ0) is 25.2. The molecule has 2 aromatic rings. The predicted molar refractivity (Wildman–Crippen MR) is 136 cm³/mol. The van der Waals surface area contributed by atoms with Gasteiger partial charge in [-0.3, -0.25) is 14.3 Å². The van der Waals surface area contributed by atoms with E-state index in [0.29, 0.717) is 24.7 Å². The number of hydrogen-bond donors (Lipinski definition) is 2. The molecule has 10 nitrogen and oxygen atoms in total. The van der Waals surface area contributed by atoms with Crippen molar-refractivity contribution in [2.75, 3.05) is 33.5 Å². The number of carbonyl (C=O) groups excluding carboxylic acids is 1. The Kier molecular flexibility index (Phi) is 9.80. The molecule has 1 saturated heterocycles. The van der Waals surface area contributed by atoms with Crippen LogP contribution in [-0.2, 0) is 27.4 Å². The minimum absolute atomic E-state index is 0.00325. The van der Waals surface area contributed by atoms with E-state index in [1.165, 1.54) is 17.2 Å². The van der Waals surface area contributed by atoms with Gasteiger partial charge in [-0.2, -0.15) is 0 Å². The van der Waals surface area contributed by atoms with Crippen LogP contribution in [0, 0.1) is 5.92 Å². The molecule has 3 rings (SSSR count). The molecule has 1 fully saturated rings. The maximum absolute atomic E-state index is 12.6. The van der Waals surface area contributed by atoms with Gasteiger partial charge in [0.2, 0.25) is 0 Å². The summed E-state index contributed by atoms with van der Waals surface area (Å²) >= 11 is 0. The van der Waals surface area contributed by atoms with Gasteiger partial charge in [-0.25, -0.2) is 14.8 Å². The van der Waals surface area contributed by atoms with E-state index in [1.807, 2.05) is 12.1 Å². The second kappa shape index (κ2) is 13.0. The number of benzene rings is 1. The van der Waals surface area contributed by atoms with Crippen LogP contribution in [0.2, 0.25) is 0 Å². The molecule has 3 N–H and O–H groups in total. The van der Waals surface area contributed by atoms with Gasteiger partial charge < -0.3 is 20.2 Å². The number of methoxy groups -OCH3 is 1. The molecular weight excluding hydrogens is 448 g/mol. The molecule has 0 amide bonds. The van der Waals surface area contributed by atoms with Crippen LogP contribution in [0.15, 0.2) is 39.0 Å². The number of likely N-dealkylation sites (tertiary alicyclic amines) is 1. The molecule has 0 aliphatic carbocycles. The molecule has 0 saturated carbocycles. The summed E-state index contributed by atoms with van der Waals surface area (Å²) in [6, 6.07) is 8.12. The van der Waals surface area contributed by atoms with E-state index in [0.717, 1.165) is 50.9 Å². The number of aromatic nitrogens is 2. The first-order chi connectivity index (χ1) is 17.0. The molecule has 0 radical (unpaired) electrons. The van der Waals surface area contributed by atoms with Crippen LogP contribution in [0.25, 0.3) is 0 Å². The molecule has 0 spiro atoms. The summed E-state index contributed by atoms with van der Waals surface area (Å²) in [7, 11) is 1.44. The lowest BCUT2D eigenvalue weighted by molar-refractivity contribution is -0.147. The van der Waals surface area contributed by atoms with Crippen molar-refractivity contribution in [1.29, 1.82) is 0 Å². The smallest absolute Gasteiger partial charge is 0.328 e. The average molecular weight is 485 g/mol. The number of amidine groups is 1. The molecule has 1 aliphatic heterocycles. The summed E-state index contributed by atoms with van der Waals surface area (Å²) in [6.07, 6.45) is 3.63. The Morgan fingerprint density at radius 1 is 1.20 bits per heavy atom. The largest absolute Gasteiger partial charge is 0.469 e. The normalized spacial score (nSPS) is 15.3. The fraction of sp³-hybridized carbons (Fsp3) is 0.520. The summed E-state index contributed by atoms with van der Waals surface area (Å²) in [4.78, 5) is 37.6. The number of aromatic amines is 1. The van der Waals surface area contributed by atoms with E-state index >= 15 is 0 Å². The van der Waals surface area contributed by atoms with Gasteiger partial charge in [0.1, 0.15) is 18.3 Å². The second-order valence-corrected chi connectivity index (χ2v) is 8.70. The number of nitrogens with zero attached hydrogens (tertiary/aromatic N) is 4. The van der Waals surface area contributed by atoms with Gasteiger partial charge in [0.15, 0.2) is 5.82 Å². The maximum Gasteiger partial charge on any atom is 0.328 e. The second-order valence-electron chi connectivity index (χ2n) is 8.70. The Balaban J connectivity index is 1.61. The van der Waals surface area contributed by atoms with Gasteiger partial charge in [0.25, 0.3) is 0 Å². The SMILES string of the molecule is C=Nc1c(/C(N)=N\COCCCC)[nH]c(=O)n1Cc1ccc(CN2CCC(C(=O)OC)CC2)cc1. The Labute approximate surface area is 205 Å². The van der Waals surface area contributed by atoms with E-state index in [-0.39, 0.29) is 30.1 Å². The molecule has 2 heterocycles. The third kappa shape index (κ3) is 7.12. The number of aliphatic imine (C=N–C) groups is 2. The molecule has 1 aromatic carbocycles. The summed E-state index contributed by atoms with van der Waals surface area (Å²) in [5.74, 6) is 0.399. The molecule has 0 atom stereocenters. The van der Waals surface area contributed by atoms with Crippen molar-refractivity contribution in [2.45, 2.75) is 45.7 Å². The van der Waals surface area contributed by atoms with E-state index in [4.69, 9.17) is 15.2 Å². The Morgan fingerprint density at radius 3 is 2.46 bits per heavy atom. The molecule has 0 unspecified atom stereocenters. The number of imidazole rings is 1. The number of nitrogens with one attached hydrogen (secondary N) is 1. The first kappa shape index (κ1) is 26.4. The number of esters is 1. The van der Waals surface area contributed by atoms with Crippen LogP contribution < -0.4 is 11.4 Å². The highest BCUT2D eigenvalue weighted by Crippen LogP contribution is 2.21. The zero-order valence-electron chi connectivity index (χ0n) is 20.7. The molecule has 10 heteroatoms. The summed E-state index contributed by atoms with van der Waals surface area (Å²) in [5, 5.41) is 0. The fourth-order valence-electron chi connectivity index (χ4n) is 4.14. The third-order valence-corrected chi connectivity index (χ3v) is 6.22. The molecule has 35 heavy (non-hydrogen) atoms. The van der Waals surface area contributed by atoms with Gasteiger partial charge in [0.05, 0.1) is 19.6 Å². The van der Waals surface area contributed by atoms with Crippen molar-refractivity contribution >= 4 is 24.3 Å². The number of carbonyl (C=O) groups is 1. The zero-order valence-corrected chi connectivity index (χ0v) is 20.7. The minimum Gasteiger partial charge on any atom is -0.469 e. The standard InChI is InChI=1S/C25H36N6O4/c1-4-5-14-35-17-28-22(26)21-23(27-2)31(25(33)29-21)16-19-8-6-18(7-9-19)15-30-12-10-20(11-13-30)24(32)34-3/h6-9,20H,2,4-5,10-17H2,1,3H3,(H2,26,28)(H,29,33). The highest BCUT2D eigenvalue weighted by atomic mass is 16.5. The Bertz CT molecular complexity index is 1060.